The van der Waals surface area contributed by atoms with E-state index in [-0.39, 0.29) is 18.0 Å². The molecule has 0 aliphatic carbocycles. The molecule has 0 saturated carbocycles. The maximum absolute atomic E-state index is 11.7. The number of carbonyl (C=O) groups excluding carboxylic acids is 1. The van der Waals surface area contributed by atoms with Crippen molar-refractivity contribution in [2.24, 2.45) is 7.05 Å². The van der Waals surface area contributed by atoms with Gasteiger partial charge >= 0.3 is 0 Å². The number of anilines is 3. The molecule has 1 aliphatic heterocycles. The number of nitrogens with one attached hydrogen (secondary N) is 2. The Morgan fingerprint density at radius 1 is 1.39 bits per heavy atom. The first kappa shape index (κ1) is 20.6. The fraction of sp³-hybridized carbons (Fsp3) is 0.450. The number of carbonyl (C=O) groups is 1. The van der Waals surface area contributed by atoms with Crippen molar-refractivity contribution in [1.82, 2.24) is 34.6 Å². The molecule has 3 aromatic heterocycles. The lowest BCUT2D eigenvalue weighted by atomic mass is 10.2. The average Bonchev–Trinajstić information content (AvgIpc) is 3.45. The van der Waals surface area contributed by atoms with E-state index < -0.39 is 0 Å². The highest BCUT2D eigenvalue weighted by Gasteiger charge is 2.27. The minimum atomic E-state index is -0.174. The summed E-state index contributed by atoms with van der Waals surface area (Å²) in [6.45, 7) is 9.03. The van der Waals surface area contributed by atoms with Gasteiger partial charge < -0.3 is 24.8 Å². The number of fused-ring (bicyclic) bond motifs is 1. The molecule has 1 fully saturated rings. The number of amides is 1. The van der Waals surface area contributed by atoms with E-state index in [1.54, 1.807) is 18.1 Å². The van der Waals surface area contributed by atoms with Crippen LogP contribution in [0.4, 0.5) is 17.5 Å². The summed E-state index contributed by atoms with van der Waals surface area (Å²) in [4.78, 5) is 27.9. The van der Waals surface area contributed by atoms with Crippen molar-refractivity contribution in [2.75, 3.05) is 30.4 Å². The van der Waals surface area contributed by atoms with Gasteiger partial charge in [-0.15, -0.1) is 5.10 Å². The van der Waals surface area contributed by atoms with Crippen LogP contribution in [-0.2, 0) is 11.8 Å². The molecule has 1 amide bonds. The number of rotatable bonds is 7. The van der Waals surface area contributed by atoms with Crippen LogP contribution in [0, 0.1) is 0 Å². The molecule has 0 bridgehead atoms. The summed E-state index contributed by atoms with van der Waals surface area (Å²) in [6, 6.07) is 0.210. The molecule has 4 rings (SSSR count). The maximum atomic E-state index is 11.7. The van der Waals surface area contributed by atoms with E-state index in [4.69, 9.17) is 14.7 Å². The zero-order chi connectivity index (χ0) is 22.1. The van der Waals surface area contributed by atoms with Gasteiger partial charge in [-0.25, -0.2) is 4.98 Å². The van der Waals surface area contributed by atoms with Crippen LogP contribution in [0.25, 0.3) is 11.2 Å². The Hall–Kier alpha value is -3.63. The van der Waals surface area contributed by atoms with Gasteiger partial charge in [0.2, 0.25) is 11.9 Å². The SMILES string of the molecule is C=CC(=O)NC1CCN(c2nc(Nc3cn(C)nc3OC)c3ncn(C(C)C)c3n2)C1. The van der Waals surface area contributed by atoms with E-state index in [1.807, 2.05) is 17.8 Å². The Balaban J connectivity index is 1.72. The molecule has 1 atom stereocenters. The Kier molecular flexibility index (Phi) is 5.49. The standard InChI is InChI=1S/C20H27N9O2/c1-6-15(30)22-13-7-8-28(9-13)20-24-17(23-14-10-27(4)26-19(14)31-5)16-18(25-20)29(11-21-16)12(2)3/h6,10-13H,1,7-9H2,2-5H3,(H,22,30)(H,23,24,25). The first-order valence-corrected chi connectivity index (χ1v) is 10.2. The van der Waals surface area contributed by atoms with Crippen LogP contribution in [0.3, 0.4) is 0 Å². The largest absolute Gasteiger partial charge is 0.478 e. The summed E-state index contributed by atoms with van der Waals surface area (Å²) in [7, 11) is 3.40. The van der Waals surface area contributed by atoms with Crippen LogP contribution in [0.5, 0.6) is 5.88 Å². The van der Waals surface area contributed by atoms with Crippen molar-refractivity contribution in [3.05, 3.63) is 25.2 Å². The monoisotopic (exact) mass is 425 g/mol. The lowest BCUT2D eigenvalue weighted by molar-refractivity contribution is -0.117. The fourth-order valence-corrected chi connectivity index (χ4v) is 3.66. The van der Waals surface area contributed by atoms with Gasteiger partial charge in [-0.05, 0) is 26.3 Å². The molecule has 1 saturated heterocycles. The van der Waals surface area contributed by atoms with E-state index in [9.17, 15) is 4.79 Å². The van der Waals surface area contributed by atoms with Gasteiger partial charge in [-0.3, -0.25) is 9.48 Å². The minimum Gasteiger partial charge on any atom is -0.478 e. The number of aromatic nitrogens is 6. The summed E-state index contributed by atoms with van der Waals surface area (Å²) < 4.78 is 9.04. The third-order valence-electron chi connectivity index (χ3n) is 5.21. The summed E-state index contributed by atoms with van der Waals surface area (Å²) in [5.74, 6) is 1.44. The first-order valence-electron chi connectivity index (χ1n) is 10.2. The number of methoxy groups -OCH3 is 1. The zero-order valence-corrected chi connectivity index (χ0v) is 18.2. The summed E-state index contributed by atoms with van der Waals surface area (Å²) in [6.07, 6.45) is 5.69. The predicted molar refractivity (Wildman–Crippen MR) is 118 cm³/mol. The maximum Gasteiger partial charge on any atom is 0.256 e. The lowest BCUT2D eigenvalue weighted by Gasteiger charge is -2.18. The first-order chi connectivity index (χ1) is 14.9. The van der Waals surface area contributed by atoms with Crippen LogP contribution in [0.15, 0.2) is 25.2 Å². The van der Waals surface area contributed by atoms with Crippen molar-refractivity contribution in [3.8, 4) is 5.88 Å². The number of ether oxygens (including phenoxy) is 1. The lowest BCUT2D eigenvalue weighted by Crippen LogP contribution is -2.36. The second-order valence-corrected chi connectivity index (χ2v) is 7.79. The van der Waals surface area contributed by atoms with Crippen molar-refractivity contribution in [3.63, 3.8) is 0 Å². The highest BCUT2D eigenvalue weighted by Crippen LogP contribution is 2.31. The zero-order valence-electron chi connectivity index (χ0n) is 18.2. The van der Waals surface area contributed by atoms with Gasteiger partial charge in [-0.2, -0.15) is 9.97 Å². The van der Waals surface area contributed by atoms with Gasteiger partial charge in [0, 0.05) is 32.2 Å². The predicted octanol–water partition coefficient (Wildman–Crippen LogP) is 1.77. The van der Waals surface area contributed by atoms with Gasteiger partial charge in [-0.1, -0.05) is 6.58 Å². The molecule has 11 nitrogen and oxygen atoms in total. The van der Waals surface area contributed by atoms with Crippen LogP contribution in [-0.4, -0.2) is 61.4 Å². The van der Waals surface area contributed by atoms with Crippen molar-refractivity contribution in [1.29, 1.82) is 0 Å². The molecule has 31 heavy (non-hydrogen) atoms. The highest BCUT2D eigenvalue weighted by molar-refractivity contribution is 5.88. The molecule has 1 aliphatic rings. The van der Waals surface area contributed by atoms with Gasteiger partial charge in [0.1, 0.15) is 5.69 Å². The molecule has 2 N–H and O–H groups in total. The van der Waals surface area contributed by atoms with Crippen molar-refractivity contribution >= 4 is 34.5 Å². The summed E-state index contributed by atoms with van der Waals surface area (Å²) in [5, 5.41) is 10.5. The minimum absolute atomic E-state index is 0.0228. The molecule has 164 valence electrons. The summed E-state index contributed by atoms with van der Waals surface area (Å²) >= 11 is 0. The van der Waals surface area contributed by atoms with Crippen LogP contribution in [0.2, 0.25) is 0 Å². The molecule has 1 unspecified atom stereocenters. The molecule has 0 aromatic carbocycles. The molecule has 4 heterocycles. The van der Waals surface area contributed by atoms with E-state index in [2.05, 4.69) is 46.0 Å². The quantitative estimate of drug-likeness (QED) is 0.551. The molecule has 3 aromatic rings. The van der Waals surface area contributed by atoms with Gasteiger partial charge in [0.25, 0.3) is 5.88 Å². The molecule has 0 spiro atoms. The van der Waals surface area contributed by atoms with Crippen molar-refractivity contribution < 1.29 is 9.53 Å². The number of nitrogens with zero attached hydrogens (tertiary/aromatic N) is 7. The number of aryl methyl sites for hydroxylation is 1. The number of hydrogen-bond acceptors (Lipinski definition) is 8. The molecule has 11 heteroatoms. The van der Waals surface area contributed by atoms with Crippen LogP contribution >= 0.6 is 0 Å². The van der Waals surface area contributed by atoms with Gasteiger partial charge in [0.15, 0.2) is 17.0 Å². The fourth-order valence-electron chi connectivity index (χ4n) is 3.66. The topological polar surface area (TPSA) is 115 Å². The van der Waals surface area contributed by atoms with Crippen LogP contribution in [0.1, 0.15) is 26.3 Å². The Morgan fingerprint density at radius 3 is 2.90 bits per heavy atom. The number of imidazole rings is 1. The Labute approximate surface area is 180 Å². The normalized spacial score (nSPS) is 16.2. The average molecular weight is 425 g/mol. The third-order valence-corrected chi connectivity index (χ3v) is 5.21. The van der Waals surface area contributed by atoms with Crippen molar-refractivity contribution in [2.45, 2.75) is 32.4 Å². The third kappa shape index (κ3) is 4.03. The molecular formula is C20H27N9O2. The Morgan fingerprint density at radius 2 is 2.19 bits per heavy atom. The molecular weight excluding hydrogens is 398 g/mol. The Bertz CT molecular complexity index is 1120. The second-order valence-electron chi connectivity index (χ2n) is 7.79. The van der Waals surface area contributed by atoms with E-state index in [0.717, 1.165) is 18.6 Å². The number of hydrogen-bond donors (Lipinski definition) is 2. The summed E-state index contributed by atoms with van der Waals surface area (Å²) in [5.41, 5.74) is 2.09. The van der Waals surface area contributed by atoms with E-state index in [0.29, 0.717) is 35.4 Å². The smallest absolute Gasteiger partial charge is 0.256 e. The van der Waals surface area contributed by atoms with E-state index >= 15 is 0 Å². The molecule has 0 radical (unpaired) electrons. The van der Waals surface area contributed by atoms with Crippen LogP contribution < -0.4 is 20.3 Å². The highest BCUT2D eigenvalue weighted by atomic mass is 16.5. The second kappa shape index (κ2) is 8.25. The van der Waals surface area contributed by atoms with E-state index in [1.165, 1.54) is 6.08 Å². The van der Waals surface area contributed by atoms with Gasteiger partial charge in [0.05, 0.1) is 19.6 Å².